The van der Waals surface area contributed by atoms with E-state index in [4.69, 9.17) is 0 Å². The summed E-state index contributed by atoms with van der Waals surface area (Å²) >= 11 is 3.58. The summed E-state index contributed by atoms with van der Waals surface area (Å²) in [5, 5.41) is 10.4. The van der Waals surface area contributed by atoms with Crippen molar-refractivity contribution in [2.24, 2.45) is 23.2 Å². The third-order valence-electron chi connectivity index (χ3n) is 5.15. The molecule has 0 aromatic rings. The first kappa shape index (κ1) is 10.6. The number of alkyl halides is 1. The van der Waals surface area contributed by atoms with Gasteiger partial charge < -0.3 is 5.11 Å². The number of aliphatic hydroxyl groups is 1. The van der Waals surface area contributed by atoms with Gasteiger partial charge in [-0.2, -0.15) is 0 Å². The number of hydrogen-bond donors (Lipinski definition) is 1. The molecule has 0 radical (unpaired) electrons. The van der Waals surface area contributed by atoms with Crippen molar-refractivity contribution in [3.8, 4) is 0 Å². The van der Waals surface area contributed by atoms with Crippen LogP contribution in [0.5, 0.6) is 0 Å². The fourth-order valence-corrected chi connectivity index (χ4v) is 5.59. The quantitative estimate of drug-likeness (QED) is 0.765. The lowest BCUT2D eigenvalue weighted by Crippen LogP contribution is -2.53. The number of hydrogen-bond acceptors (Lipinski definition) is 1. The van der Waals surface area contributed by atoms with Crippen molar-refractivity contribution in [3.05, 3.63) is 0 Å². The van der Waals surface area contributed by atoms with Gasteiger partial charge in [0.2, 0.25) is 0 Å². The second-order valence-electron chi connectivity index (χ2n) is 6.40. The molecule has 1 nitrogen and oxygen atoms in total. The van der Waals surface area contributed by atoms with Gasteiger partial charge in [0.15, 0.2) is 0 Å². The molecule has 0 aromatic carbocycles. The van der Waals surface area contributed by atoms with E-state index < -0.39 is 0 Å². The van der Waals surface area contributed by atoms with Crippen LogP contribution in [0.3, 0.4) is 0 Å². The molecule has 0 heterocycles. The van der Waals surface area contributed by atoms with E-state index >= 15 is 0 Å². The third kappa shape index (κ3) is 1.59. The molecule has 4 fully saturated rings. The van der Waals surface area contributed by atoms with Crippen molar-refractivity contribution in [3.63, 3.8) is 0 Å². The molecular weight excluding hydrogens is 252 g/mol. The highest BCUT2D eigenvalue weighted by Crippen LogP contribution is 2.61. The maximum atomic E-state index is 10.4. The first-order valence-corrected chi connectivity index (χ1v) is 7.33. The van der Waals surface area contributed by atoms with Crippen LogP contribution < -0.4 is 0 Å². The molecule has 4 aliphatic rings. The van der Waals surface area contributed by atoms with Gasteiger partial charge in [-0.05, 0) is 61.7 Å². The van der Waals surface area contributed by atoms with E-state index in [0.29, 0.717) is 0 Å². The van der Waals surface area contributed by atoms with Crippen molar-refractivity contribution in [2.45, 2.75) is 56.4 Å². The van der Waals surface area contributed by atoms with E-state index in [0.717, 1.165) is 17.8 Å². The minimum Gasteiger partial charge on any atom is -0.391 e. The van der Waals surface area contributed by atoms with Crippen LogP contribution in [-0.2, 0) is 0 Å². The maximum Gasteiger partial charge on any atom is 0.0718 e. The number of halogens is 1. The van der Waals surface area contributed by atoms with Crippen molar-refractivity contribution in [1.82, 2.24) is 0 Å². The lowest BCUT2D eigenvalue weighted by molar-refractivity contribution is -0.118. The van der Waals surface area contributed by atoms with Crippen LogP contribution in [0.1, 0.15) is 45.4 Å². The molecular formula is C13H21BrO. The Morgan fingerprint density at radius 1 is 1.07 bits per heavy atom. The van der Waals surface area contributed by atoms with Crippen molar-refractivity contribution < 1.29 is 5.11 Å². The van der Waals surface area contributed by atoms with Crippen molar-refractivity contribution >= 4 is 15.9 Å². The summed E-state index contributed by atoms with van der Waals surface area (Å²) in [6.45, 7) is 2.10. The van der Waals surface area contributed by atoms with Gasteiger partial charge in [-0.15, -0.1) is 0 Å². The first-order chi connectivity index (χ1) is 7.09. The summed E-state index contributed by atoms with van der Waals surface area (Å²) < 4.78 is 0. The molecule has 0 saturated heterocycles. The van der Waals surface area contributed by atoms with E-state index in [-0.39, 0.29) is 16.3 Å². The van der Waals surface area contributed by atoms with Gasteiger partial charge in [-0.3, -0.25) is 0 Å². The molecule has 2 heteroatoms. The average Bonchev–Trinajstić information content (AvgIpc) is 2.14. The van der Waals surface area contributed by atoms with Crippen LogP contribution in [0.15, 0.2) is 0 Å². The molecule has 0 aliphatic heterocycles. The Bertz CT molecular complexity index is 226. The minimum atomic E-state index is -0.120. The largest absolute Gasteiger partial charge is 0.391 e. The molecule has 4 saturated carbocycles. The van der Waals surface area contributed by atoms with Crippen LogP contribution in [0.2, 0.25) is 0 Å². The average molecular weight is 273 g/mol. The Labute approximate surface area is 101 Å². The van der Waals surface area contributed by atoms with Crippen LogP contribution in [0.4, 0.5) is 0 Å². The van der Waals surface area contributed by atoms with E-state index in [1.54, 1.807) is 0 Å². The predicted octanol–water partition coefficient (Wildman–Crippen LogP) is 3.35. The summed E-state index contributed by atoms with van der Waals surface area (Å²) in [5.74, 6) is 2.83. The van der Waals surface area contributed by atoms with Crippen LogP contribution in [-0.4, -0.2) is 16.0 Å². The molecule has 0 spiro atoms. The van der Waals surface area contributed by atoms with Gasteiger partial charge in [0, 0.05) is 4.83 Å². The Balaban J connectivity index is 1.86. The molecule has 4 rings (SSSR count). The Morgan fingerprint density at radius 2 is 1.47 bits per heavy atom. The van der Waals surface area contributed by atoms with E-state index in [1.165, 1.54) is 38.5 Å². The normalized spacial score (nSPS) is 51.8. The van der Waals surface area contributed by atoms with Crippen molar-refractivity contribution in [1.29, 1.82) is 0 Å². The zero-order valence-corrected chi connectivity index (χ0v) is 11.0. The molecule has 0 aromatic heterocycles. The smallest absolute Gasteiger partial charge is 0.0718 e. The number of rotatable bonds is 2. The second-order valence-corrected chi connectivity index (χ2v) is 7.85. The molecule has 86 valence electrons. The van der Waals surface area contributed by atoms with Crippen molar-refractivity contribution in [2.75, 3.05) is 0 Å². The van der Waals surface area contributed by atoms with Gasteiger partial charge in [0.1, 0.15) is 0 Å². The summed E-state index contributed by atoms with van der Waals surface area (Å²) in [5.41, 5.74) is 0.289. The maximum absolute atomic E-state index is 10.4. The molecule has 15 heavy (non-hydrogen) atoms. The Morgan fingerprint density at radius 3 is 1.80 bits per heavy atom. The van der Waals surface area contributed by atoms with E-state index in [2.05, 4.69) is 22.9 Å². The van der Waals surface area contributed by atoms with Gasteiger partial charge >= 0.3 is 0 Å². The van der Waals surface area contributed by atoms with Gasteiger partial charge in [-0.25, -0.2) is 0 Å². The summed E-state index contributed by atoms with van der Waals surface area (Å²) in [4.78, 5) is 0.258. The van der Waals surface area contributed by atoms with E-state index in [1.807, 2.05) is 0 Å². The fourth-order valence-electron chi connectivity index (χ4n) is 5.03. The Kier molecular flexibility index (Phi) is 2.44. The zero-order valence-electron chi connectivity index (χ0n) is 9.45. The summed E-state index contributed by atoms with van der Waals surface area (Å²) in [7, 11) is 0. The molecule has 4 aliphatic carbocycles. The second kappa shape index (κ2) is 3.46. The molecule has 4 bridgehead atoms. The molecule has 0 amide bonds. The molecule has 1 N–H and O–H groups in total. The Hall–Kier alpha value is 0.440. The summed E-state index contributed by atoms with van der Waals surface area (Å²) in [6.07, 6.45) is 8.17. The molecule has 2 unspecified atom stereocenters. The van der Waals surface area contributed by atoms with Gasteiger partial charge in [-0.1, -0.05) is 22.9 Å². The van der Waals surface area contributed by atoms with Crippen LogP contribution in [0, 0.1) is 23.2 Å². The lowest BCUT2D eigenvalue weighted by atomic mass is 9.48. The first-order valence-electron chi connectivity index (χ1n) is 6.41. The topological polar surface area (TPSA) is 20.2 Å². The van der Waals surface area contributed by atoms with Gasteiger partial charge in [0.05, 0.1) is 6.10 Å². The zero-order chi connectivity index (χ0) is 10.6. The number of aliphatic hydroxyl groups excluding tert-OH is 1. The summed E-state index contributed by atoms with van der Waals surface area (Å²) in [6, 6.07) is 0. The van der Waals surface area contributed by atoms with Gasteiger partial charge in [0.25, 0.3) is 0 Å². The van der Waals surface area contributed by atoms with Crippen LogP contribution in [0.25, 0.3) is 0 Å². The monoisotopic (exact) mass is 272 g/mol. The highest BCUT2D eigenvalue weighted by Gasteiger charge is 2.54. The predicted molar refractivity (Wildman–Crippen MR) is 65.0 cm³/mol. The highest BCUT2D eigenvalue weighted by atomic mass is 79.9. The highest BCUT2D eigenvalue weighted by molar-refractivity contribution is 9.09. The molecule has 2 atom stereocenters. The third-order valence-corrected chi connectivity index (χ3v) is 5.65. The lowest BCUT2D eigenvalue weighted by Gasteiger charge is -2.58. The van der Waals surface area contributed by atoms with Crippen LogP contribution >= 0.6 is 15.9 Å². The van der Waals surface area contributed by atoms with E-state index in [9.17, 15) is 5.11 Å². The fraction of sp³-hybridized carbons (Fsp3) is 1.00. The SMILES string of the molecule is CC(Br)C(O)C12CC3CC(CC(C3)C1)C2. The minimum absolute atomic E-state index is 0.120. The standard InChI is InChI=1S/C13H21BrO/c1-8(14)12(15)13-5-9-2-10(6-13)4-11(3-9)7-13/h8-12,15H,2-7H2,1H3.